The molecule has 3 nitrogen and oxygen atoms in total. The van der Waals surface area contributed by atoms with E-state index in [1.165, 1.54) is 6.07 Å². The Hall–Kier alpha value is -2.33. The van der Waals surface area contributed by atoms with E-state index in [0.29, 0.717) is 22.6 Å². The minimum Gasteiger partial charge on any atom is -0.324 e. The maximum Gasteiger partial charge on any atom is 0.132 e. The summed E-state index contributed by atoms with van der Waals surface area (Å²) in [4.78, 5) is 8.35. The fourth-order valence-corrected chi connectivity index (χ4v) is 2.02. The average Bonchev–Trinajstić information content (AvgIpc) is 2.46. The van der Waals surface area contributed by atoms with Crippen LogP contribution in [0.2, 0.25) is 0 Å². The van der Waals surface area contributed by atoms with Crippen molar-refractivity contribution in [1.82, 2.24) is 4.98 Å². The van der Waals surface area contributed by atoms with Crippen LogP contribution in [0.3, 0.4) is 0 Å². The molecule has 0 saturated carbocycles. The Bertz CT molecular complexity index is 663. The van der Waals surface area contributed by atoms with E-state index < -0.39 is 0 Å². The van der Waals surface area contributed by atoms with Crippen LogP contribution in [0.1, 0.15) is 24.2 Å². The average molecular weight is 269 g/mol. The molecule has 20 heavy (non-hydrogen) atoms. The largest absolute Gasteiger partial charge is 0.324 e. The normalized spacial score (nSPS) is 11.9. The molecular formula is C16H16FN3. The predicted molar refractivity (Wildman–Crippen MR) is 81.5 cm³/mol. The fraction of sp³-hybridized carbons (Fsp3) is 0.125. The molecule has 0 fully saturated rings. The zero-order chi connectivity index (χ0) is 14.7. The quantitative estimate of drug-likeness (QED) is 0.856. The molecule has 1 unspecified atom stereocenters. The van der Waals surface area contributed by atoms with Crippen LogP contribution in [0.15, 0.2) is 41.9 Å². The van der Waals surface area contributed by atoms with Gasteiger partial charge in [0.15, 0.2) is 0 Å². The highest BCUT2D eigenvalue weighted by Gasteiger charge is 2.16. The van der Waals surface area contributed by atoms with Crippen LogP contribution < -0.4 is 5.73 Å². The molecule has 1 aromatic carbocycles. The van der Waals surface area contributed by atoms with Crippen molar-refractivity contribution in [3.8, 4) is 11.3 Å². The van der Waals surface area contributed by atoms with Crippen molar-refractivity contribution in [3.63, 3.8) is 0 Å². The van der Waals surface area contributed by atoms with Crippen molar-refractivity contribution in [2.24, 2.45) is 10.7 Å². The molecule has 102 valence electrons. The highest BCUT2D eigenvalue weighted by molar-refractivity contribution is 5.72. The number of aliphatic imine (C=N–C) groups is 1. The van der Waals surface area contributed by atoms with Gasteiger partial charge in [0.05, 0.1) is 17.1 Å². The van der Waals surface area contributed by atoms with Gasteiger partial charge in [-0.1, -0.05) is 18.7 Å². The second-order valence-corrected chi connectivity index (χ2v) is 4.46. The van der Waals surface area contributed by atoms with E-state index in [1.54, 1.807) is 30.3 Å². The molecular weight excluding hydrogens is 253 g/mol. The zero-order valence-corrected chi connectivity index (χ0v) is 11.3. The standard InChI is InChI=1S/C16H16FN3/c1-4-14-15(19-3)9-12(10(2)18)16(20-14)11-7-5-6-8-13(11)17/h4-10H,1,3,18H2,2H3. The van der Waals surface area contributed by atoms with E-state index in [0.717, 1.165) is 5.56 Å². The summed E-state index contributed by atoms with van der Waals surface area (Å²) in [7, 11) is 0. The van der Waals surface area contributed by atoms with Crippen molar-refractivity contribution in [1.29, 1.82) is 0 Å². The van der Waals surface area contributed by atoms with Gasteiger partial charge in [-0.2, -0.15) is 0 Å². The van der Waals surface area contributed by atoms with Gasteiger partial charge in [0, 0.05) is 11.6 Å². The van der Waals surface area contributed by atoms with Gasteiger partial charge < -0.3 is 5.73 Å². The number of pyridine rings is 1. The van der Waals surface area contributed by atoms with Gasteiger partial charge in [-0.05, 0) is 43.5 Å². The molecule has 0 aliphatic carbocycles. The molecule has 0 spiro atoms. The Morgan fingerprint density at radius 2 is 2.10 bits per heavy atom. The van der Waals surface area contributed by atoms with Crippen LogP contribution in [-0.2, 0) is 0 Å². The molecule has 0 aliphatic heterocycles. The van der Waals surface area contributed by atoms with Gasteiger partial charge in [-0.15, -0.1) is 0 Å². The lowest BCUT2D eigenvalue weighted by Crippen LogP contribution is -2.09. The van der Waals surface area contributed by atoms with E-state index in [9.17, 15) is 4.39 Å². The van der Waals surface area contributed by atoms with Crippen molar-refractivity contribution in [2.75, 3.05) is 0 Å². The second kappa shape index (κ2) is 5.75. The number of hydrogen-bond acceptors (Lipinski definition) is 3. The fourth-order valence-electron chi connectivity index (χ4n) is 2.02. The molecule has 0 saturated heterocycles. The molecule has 1 atom stereocenters. The van der Waals surface area contributed by atoms with Gasteiger partial charge in [0.2, 0.25) is 0 Å². The van der Waals surface area contributed by atoms with Gasteiger partial charge >= 0.3 is 0 Å². The molecule has 1 heterocycles. The van der Waals surface area contributed by atoms with E-state index >= 15 is 0 Å². The number of aromatic nitrogens is 1. The van der Waals surface area contributed by atoms with Crippen LogP contribution >= 0.6 is 0 Å². The Morgan fingerprint density at radius 1 is 1.40 bits per heavy atom. The molecule has 0 amide bonds. The summed E-state index contributed by atoms with van der Waals surface area (Å²) in [5.74, 6) is -0.337. The zero-order valence-electron chi connectivity index (χ0n) is 11.3. The monoisotopic (exact) mass is 269 g/mol. The second-order valence-electron chi connectivity index (χ2n) is 4.46. The number of hydrogen-bond donors (Lipinski definition) is 1. The highest BCUT2D eigenvalue weighted by atomic mass is 19.1. The Labute approximate surface area is 117 Å². The van der Waals surface area contributed by atoms with Gasteiger partial charge in [-0.3, -0.25) is 4.99 Å². The number of halogens is 1. The van der Waals surface area contributed by atoms with Gasteiger partial charge in [-0.25, -0.2) is 9.37 Å². The summed E-state index contributed by atoms with van der Waals surface area (Å²) < 4.78 is 14.0. The topological polar surface area (TPSA) is 51.3 Å². The lowest BCUT2D eigenvalue weighted by Gasteiger charge is -2.15. The minimum atomic E-state index is -0.337. The van der Waals surface area contributed by atoms with Gasteiger partial charge in [0.25, 0.3) is 0 Å². The van der Waals surface area contributed by atoms with Crippen molar-refractivity contribution in [2.45, 2.75) is 13.0 Å². The molecule has 2 aromatic rings. The SMILES string of the molecule is C=Cc1nc(-c2ccccc2F)c(C(C)N)cc1N=C. The summed E-state index contributed by atoms with van der Waals surface area (Å²) in [6, 6.07) is 7.96. The molecule has 0 aliphatic rings. The Morgan fingerprint density at radius 3 is 2.65 bits per heavy atom. The van der Waals surface area contributed by atoms with E-state index in [4.69, 9.17) is 5.73 Å². The molecule has 0 radical (unpaired) electrons. The van der Waals surface area contributed by atoms with E-state index in [1.807, 2.05) is 6.92 Å². The summed E-state index contributed by atoms with van der Waals surface area (Å²) >= 11 is 0. The molecule has 0 bridgehead atoms. The Kier molecular flexibility index (Phi) is 4.05. The van der Waals surface area contributed by atoms with Crippen molar-refractivity contribution >= 4 is 18.5 Å². The first-order valence-corrected chi connectivity index (χ1v) is 6.23. The van der Waals surface area contributed by atoms with Crippen LogP contribution in [0.5, 0.6) is 0 Å². The first kappa shape index (κ1) is 14.1. The first-order valence-electron chi connectivity index (χ1n) is 6.23. The van der Waals surface area contributed by atoms with Crippen molar-refractivity contribution in [3.05, 3.63) is 54.0 Å². The van der Waals surface area contributed by atoms with E-state index in [-0.39, 0.29) is 11.9 Å². The number of nitrogens with zero attached hydrogens (tertiary/aromatic N) is 2. The third-order valence-electron chi connectivity index (χ3n) is 3.04. The van der Waals surface area contributed by atoms with Crippen LogP contribution in [-0.4, -0.2) is 11.7 Å². The summed E-state index contributed by atoms with van der Waals surface area (Å²) in [6.45, 7) is 9.02. The highest BCUT2D eigenvalue weighted by Crippen LogP contribution is 2.32. The maximum absolute atomic E-state index is 14.0. The Balaban J connectivity index is 2.77. The molecule has 2 N–H and O–H groups in total. The molecule has 2 rings (SSSR count). The number of nitrogens with two attached hydrogens (primary N) is 1. The summed E-state index contributed by atoms with van der Waals surface area (Å²) in [6.07, 6.45) is 1.57. The lowest BCUT2D eigenvalue weighted by molar-refractivity contribution is 0.630. The van der Waals surface area contributed by atoms with Crippen molar-refractivity contribution < 1.29 is 4.39 Å². The maximum atomic E-state index is 14.0. The van der Waals surface area contributed by atoms with Gasteiger partial charge in [0.1, 0.15) is 5.82 Å². The smallest absolute Gasteiger partial charge is 0.132 e. The molecule has 4 heteroatoms. The lowest BCUT2D eigenvalue weighted by atomic mass is 9.99. The number of rotatable bonds is 4. The van der Waals surface area contributed by atoms with Crippen LogP contribution in [0, 0.1) is 5.82 Å². The van der Waals surface area contributed by atoms with E-state index in [2.05, 4.69) is 23.3 Å². The summed E-state index contributed by atoms with van der Waals surface area (Å²) in [5.41, 5.74) is 8.77. The predicted octanol–water partition coefficient (Wildman–Crippen LogP) is 3.88. The van der Waals surface area contributed by atoms with Crippen LogP contribution in [0.25, 0.3) is 17.3 Å². The minimum absolute atomic E-state index is 0.295. The molecule has 1 aromatic heterocycles. The third-order valence-corrected chi connectivity index (χ3v) is 3.04. The number of benzene rings is 1. The summed E-state index contributed by atoms with van der Waals surface area (Å²) in [5, 5.41) is 0. The van der Waals surface area contributed by atoms with Crippen LogP contribution in [0.4, 0.5) is 10.1 Å². The first-order chi connectivity index (χ1) is 9.58. The third kappa shape index (κ3) is 2.51.